The maximum Gasteiger partial charge on any atom is 0.339 e. The van der Waals surface area contributed by atoms with Crippen LogP contribution in [0.1, 0.15) is 45.1 Å². The van der Waals surface area contributed by atoms with E-state index in [1.807, 2.05) is 65.5 Å². The van der Waals surface area contributed by atoms with E-state index < -0.39 is 0 Å². The van der Waals surface area contributed by atoms with Crippen molar-refractivity contribution in [3.63, 3.8) is 0 Å². The Morgan fingerprint density at radius 1 is 0.853 bits per heavy atom. The van der Waals surface area contributed by atoms with Crippen LogP contribution in [0.3, 0.4) is 0 Å². The second-order valence-corrected chi connectivity index (χ2v) is 8.19. The molecule has 0 saturated heterocycles. The molecule has 0 aliphatic carbocycles. The van der Waals surface area contributed by atoms with Crippen LogP contribution < -0.4 is 11.5 Å². The van der Waals surface area contributed by atoms with Crippen molar-refractivity contribution in [2.24, 2.45) is 11.5 Å². The lowest BCUT2D eigenvalue weighted by Gasteiger charge is -2.07. The summed E-state index contributed by atoms with van der Waals surface area (Å²) < 4.78 is 7.27. The van der Waals surface area contributed by atoms with Crippen LogP contribution in [0.4, 0.5) is 0 Å². The summed E-state index contributed by atoms with van der Waals surface area (Å²) in [6.45, 7) is 2.68. The third-order valence-corrected chi connectivity index (χ3v) is 5.70. The van der Waals surface area contributed by atoms with E-state index in [1.165, 1.54) is 0 Å². The molecule has 172 valence electrons. The highest BCUT2D eigenvalue weighted by Crippen LogP contribution is 2.22. The number of rotatable bonds is 8. The highest BCUT2D eigenvalue weighted by molar-refractivity contribution is 5.99. The Kier molecular flexibility index (Phi) is 6.45. The van der Waals surface area contributed by atoms with Crippen LogP contribution in [0, 0.1) is 10.8 Å². The molecule has 0 aliphatic rings. The molecule has 1 heterocycles. The summed E-state index contributed by atoms with van der Waals surface area (Å²) in [5.41, 5.74) is 16.0. The molecule has 4 rings (SSSR count). The van der Waals surface area contributed by atoms with E-state index in [4.69, 9.17) is 27.0 Å². The van der Waals surface area contributed by atoms with Gasteiger partial charge >= 0.3 is 5.97 Å². The fraction of sp³-hybridized carbons (Fsp3) is 0.148. The topological polar surface area (TPSA) is 131 Å². The van der Waals surface area contributed by atoms with Gasteiger partial charge in [0.25, 0.3) is 0 Å². The van der Waals surface area contributed by atoms with Crippen molar-refractivity contribution in [2.75, 3.05) is 6.61 Å². The molecule has 0 aliphatic heterocycles. The van der Waals surface area contributed by atoms with E-state index >= 15 is 0 Å². The van der Waals surface area contributed by atoms with Crippen molar-refractivity contribution < 1.29 is 9.53 Å². The van der Waals surface area contributed by atoms with E-state index in [1.54, 1.807) is 6.92 Å². The molecule has 0 spiro atoms. The summed E-state index contributed by atoms with van der Waals surface area (Å²) >= 11 is 0. The van der Waals surface area contributed by atoms with E-state index in [2.05, 4.69) is 12.1 Å². The van der Waals surface area contributed by atoms with Gasteiger partial charge in [-0.25, -0.2) is 4.79 Å². The van der Waals surface area contributed by atoms with E-state index in [9.17, 15) is 4.79 Å². The molecule has 4 aromatic rings. The predicted molar refractivity (Wildman–Crippen MR) is 135 cm³/mol. The molecular weight excluding hydrogens is 426 g/mol. The first-order valence-electron chi connectivity index (χ1n) is 11.0. The molecule has 7 heteroatoms. The van der Waals surface area contributed by atoms with Crippen LogP contribution in [0.2, 0.25) is 0 Å². The summed E-state index contributed by atoms with van der Waals surface area (Å²) in [5.74, 6) is -0.283. The summed E-state index contributed by atoms with van der Waals surface area (Å²) in [4.78, 5) is 12.6. The lowest BCUT2D eigenvalue weighted by Crippen LogP contribution is -2.10. The lowest BCUT2D eigenvalue weighted by atomic mass is 10.0. The van der Waals surface area contributed by atoms with Crippen molar-refractivity contribution in [3.05, 3.63) is 106 Å². The molecule has 0 fully saturated rings. The zero-order chi connectivity index (χ0) is 24.2. The van der Waals surface area contributed by atoms with Gasteiger partial charge in [0, 0.05) is 30.1 Å². The Hall–Kier alpha value is -4.39. The van der Waals surface area contributed by atoms with Gasteiger partial charge in [0.05, 0.1) is 12.2 Å². The molecule has 0 atom stereocenters. The summed E-state index contributed by atoms with van der Waals surface area (Å²) in [5, 5.41) is 17.3. The second-order valence-electron chi connectivity index (χ2n) is 8.19. The number of benzene rings is 3. The van der Waals surface area contributed by atoms with E-state index in [0.29, 0.717) is 36.3 Å². The number of hydrogen-bond acceptors (Lipinski definition) is 4. The average Bonchev–Trinajstić information content (AvgIpc) is 3.21. The number of nitrogens with two attached hydrogens (primary N) is 2. The van der Waals surface area contributed by atoms with Crippen LogP contribution in [0.15, 0.2) is 73.1 Å². The molecular formula is C27H27N5O2. The van der Waals surface area contributed by atoms with Gasteiger partial charge in [0.1, 0.15) is 11.7 Å². The summed E-state index contributed by atoms with van der Waals surface area (Å²) in [6, 6.07) is 19.3. The zero-order valence-electron chi connectivity index (χ0n) is 19.0. The third-order valence-electron chi connectivity index (χ3n) is 5.70. The van der Waals surface area contributed by atoms with Crippen molar-refractivity contribution in [2.45, 2.75) is 19.9 Å². The van der Waals surface area contributed by atoms with Gasteiger partial charge in [-0.2, -0.15) is 0 Å². The Morgan fingerprint density at radius 2 is 1.50 bits per heavy atom. The number of carbonyl (C=O) groups excluding carboxylic acids is 1. The molecule has 0 unspecified atom stereocenters. The Morgan fingerprint density at radius 3 is 2.18 bits per heavy atom. The maximum absolute atomic E-state index is 12.6. The molecule has 0 bridgehead atoms. The van der Waals surface area contributed by atoms with Crippen LogP contribution in [0.25, 0.3) is 10.8 Å². The largest absolute Gasteiger partial charge is 0.462 e. The first kappa shape index (κ1) is 22.8. The Bertz CT molecular complexity index is 1390. The van der Waals surface area contributed by atoms with E-state index in [-0.39, 0.29) is 17.6 Å². The fourth-order valence-electron chi connectivity index (χ4n) is 3.98. The average molecular weight is 454 g/mol. The number of aromatic nitrogens is 1. The molecule has 0 saturated carbocycles. The first-order valence-corrected chi connectivity index (χ1v) is 11.0. The lowest BCUT2D eigenvalue weighted by molar-refractivity contribution is 0.0525. The second kappa shape index (κ2) is 9.62. The highest BCUT2D eigenvalue weighted by atomic mass is 16.5. The molecule has 0 radical (unpaired) electrons. The molecule has 3 aromatic carbocycles. The van der Waals surface area contributed by atoms with Gasteiger partial charge in [0.15, 0.2) is 0 Å². The quantitative estimate of drug-likeness (QED) is 0.182. The fourth-order valence-corrected chi connectivity index (χ4v) is 3.98. The number of esters is 1. The first-order chi connectivity index (χ1) is 16.3. The van der Waals surface area contributed by atoms with Crippen molar-refractivity contribution in [1.82, 2.24) is 4.57 Å². The van der Waals surface area contributed by atoms with Crippen LogP contribution >= 0.6 is 0 Å². The Balaban J connectivity index is 1.63. The van der Waals surface area contributed by atoms with Crippen LogP contribution in [-0.4, -0.2) is 28.8 Å². The van der Waals surface area contributed by atoms with Gasteiger partial charge in [0.2, 0.25) is 0 Å². The van der Waals surface area contributed by atoms with Gasteiger partial charge in [-0.05, 0) is 52.9 Å². The molecule has 1 aromatic heterocycles. The van der Waals surface area contributed by atoms with Crippen molar-refractivity contribution in [1.29, 1.82) is 10.8 Å². The number of ether oxygens (including phenoxy) is 1. The normalized spacial score (nSPS) is 10.9. The minimum Gasteiger partial charge on any atom is -0.462 e. The van der Waals surface area contributed by atoms with Crippen LogP contribution in [0.5, 0.6) is 0 Å². The number of nitrogen functional groups attached to an aromatic ring is 2. The maximum atomic E-state index is 12.6. The Labute approximate surface area is 198 Å². The number of carbonyl (C=O) groups is 1. The predicted octanol–water partition coefficient (Wildman–Crippen LogP) is 4.03. The minimum atomic E-state index is -0.346. The third kappa shape index (κ3) is 4.99. The molecule has 0 amide bonds. The van der Waals surface area contributed by atoms with E-state index in [0.717, 1.165) is 27.5 Å². The smallest absolute Gasteiger partial charge is 0.339 e. The van der Waals surface area contributed by atoms with Crippen LogP contribution in [-0.2, 0) is 17.7 Å². The molecule has 7 nitrogen and oxygen atoms in total. The number of nitrogens with zero attached hydrogens (tertiary/aromatic N) is 1. The van der Waals surface area contributed by atoms with Crippen molar-refractivity contribution in [3.8, 4) is 0 Å². The number of hydrogen-bond donors (Lipinski definition) is 4. The minimum absolute atomic E-state index is 0.0238. The SMILES string of the molecule is CCOC(=O)c1cn(Cc2ccc3ccc(C(=N)N)cc3c2)cc1Cc1ccc(C(=N)N)cc1. The number of nitrogens with one attached hydrogen (secondary N) is 2. The standard InChI is InChI=1S/C27H27N5O2/c1-2-34-27(33)24-16-32(15-23(24)11-17-3-7-20(8-4-17)25(28)29)14-18-5-6-19-9-10-21(26(30)31)13-22(19)12-18/h3-10,12-13,15-16H,2,11,14H2,1H3,(H3,28,29)(H3,30,31). The van der Waals surface area contributed by atoms with Gasteiger partial charge in [-0.1, -0.05) is 48.5 Å². The monoisotopic (exact) mass is 453 g/mol. The summed E-state index contributed by atoms with van der Waals surface area (Å²) in [7, 11) is 0. The van der Waals surface area contributed by atoms with Gasteiger partial charge < -0.3 is 20.8 Å². The zero-order valence-corrected chi connectivity index (χ0v) is 19.0. The van der Waals surface area contributed by atoms with Crippen molar-refractivity contribution >= 4 is 28.4 Å². The summed E-state index contributed by atoms with van der Waals surface area (Å²) in [6.07, 6.45) is 4.35. The molecule has 34 heavy (non-hydrogen) atoms. The van der Waals surface area contributed by atoms with Gasteiger partial charge in [-0.15, -0.1) is 0 Å². The number of amidine groups is 2. The number of fused-ring (bicyclic) bond motifs is 1. The highest BCUT2D eigenvalue weighted by Gasteiger charge is 2.16. The van der Waals surface area contributed by atoms with Gasteiger partial charge in [-0.3, -0.25) is 10.8 Å². The molecule has 6 N–H and O–H groups in total.